The molecule has 2 nitrogen and oxygen atoms in total. The summed E-state index contributed by atoms with van der Waals surface area (Å²) in [5, 5.41) is 12.0. The SMILES string of the molecule is CC(C)C(CN)C(O)c1csc(Br)c1. The van der Waals surface area contributed by atoms with Crippen molar-refractivity contribution in [2.24, 2.45) is 17.6 Å². The minimum atomic E-state index is -0.442. The van der Waals surface area contributed by atoms with E-state index in [1.54, 1.807) is 11.3 Å². The molecule has 80 valence electrons. The van der Waals surface area contributed by atoms with Crippen molar-refractivity contribution in [2.45, 2.75) is 20.0 Å². The van der Waals surface area contributed by atoms with Crippen molar-refractivity contribution in [1.82, 2.24) is 0 Å². The molecule has 0 radical (unpaired) electrons. The van der Waals surface area contributed by atoms with E-state index in [2.05, 4.69) is 29.8 Å². The molecule has 3 N–H and O–H groups in total. The third-order valence-electron chi connectivity index (χ3n) is 2.46. The van der Waals surface area contributed by atoms with Crippen LogP contribution in [-0.4, -0.2) is 11.7 Å². The van der Waals surface area contributed by atoms with Crippen LogP contribution in [0.15, 0.2) is 15.2 Å². The molecule has 1 aromatic heterocycles. The number of halogens is 1. The molecule has 0 saturated heterocycles. The first-order chi connectivity index (χ1) is 6.56. The van der Waals surface area contributed by atoms with Crippen molar-refractivity contribution >= 4 is 27.3 Å². The molecule has 1 rings (SSSR count). The molecule has 0 aliphatic heterocycles. The van der Waals surface area contributed by atoms with Crippen molar-refractivity contribution in [1.29, 1.82) is 0 Å². The Bertz CT molecular complexity index is 287. The van der Waals surface area contributed by atoms with Gasteiger partial charge in [-0.05, 0) is 45.4 Å². The van der Waals surface area contributed by atoms with Crippen LogP contribution in [0.3, 0.4) is 0 Å². The summed E-state index contributed by atoms with van der Waals surface area (Å²) in [6, 6.07) is 1.96. The van der Waals surface area contributed by atoms with Crippen molar-refractivity contribution in [3.05, 3.63) is 20.8 Å². The van der Waals surface area contributed by atoms with Gasteiger partial charge in [-0.3, -0.25) is 0 Å². The summed E-state index contributed by atoms with van der Waals surface area (Å²) in [6.07, 6.45) is -0.442. The molecule has 0 fully saturated rings. The van der Waals surface area contributed by atoms with Crippen LogP contribution in [-0.2, 0) is 0 Å². The highest BCUT2D eigenvalue weighted by Gasteiger charge is 2.23. The zero-order valence-corrected chi connectivity index (χ0v) is 10.8. The average Bonchev–Trinajstić information content (AvgIpc) is 2.52. The quantitative estimate of drug-likeness (QED) is 0.889. The van der Waals surface area contributed by atoms with E-state index in [9.17, 15) is 5.11 Å². The van der Waals surface area contributed by atoms with Crippen molar-refractivity contribution in [3.8, 4) is 0 Å². The largest absolute Gasteiger partial charge is 0.388 e. The fraction of sp³-hybridized carbons (Fsp3) is 0.600. The van der Waals surface area contributed by atoms with Crippen LogP contribution in [0.1, 0.15) is 25.5 Å². The van der Waals surface area contributed by atoms with Crippen LogP contribution in [0.2, 0.25) is 0 Å². The lowest BCUT2D eigenvalue weighted by Gasteiger charge is -2.24. The third kappa shape index (κ3) is 2.79. The Balaban J connectivity index is 2.77. The predicted octanol–water partition coefficient (Wildman–Crippen LogP) is 2.77. The van der Waals surface area contributed by atoms with E-state index in [4.69, 9.17) is 5.73 Å². The number of rotatable bonds is 4. The molecule has 1 heterocycles. The fourth-order valence-corrected chi connectivity index (χ4v) is 2.70. The number of hydrogen-bond acceptors (Lipinski definition) is 3. The molecule has 2 atom stereocenters. The van der Waals surface area contributed by atoms with Gasteiger partial charge in [0.1, 0.15) is 0 Å². The van der Waals surface area contributed by atoms with Crippen molar-refractivity contribution in [3.63, 3.8) is 0 Å². The molecule has 0 saturated carbocycles. The zero-order valence-electron chi connectivity index (χ0n) is 8.40. The summed E-state index contributed by atoms with van der Waals surface area (Å²) in [5.74, 6) is 0.533. The molecule has 4 heteroatoms. The van der Waals surface area contributed by atoms with Crippen LogP contribution in [0.4, 0.5) is 0 Å². The van der Waals surface area contributed by atoms with Gasteiger partial charge in [0.15, 0.2) is 0 Å². The maximum absolute atomic E-state index is 10.1. The summed E-state index contributed by atoms with van der Waals surface area (Å²) in [6.45, 7) is 4.69. The fourth-order valence-electron chi connectivity index (χ4n) is 1.49. The molecular formula is C10H16BrNOS. The number of thiophene rings is 1. The van der Waals surface area contributed by atoms with Crippen LogP contribution >= 0.6 is 27.3 Å². The summed E-state index contributed by atoms with van der Waals surface area (Å²) in [7, 11) is 0. The van der Waals surface area contributed by atoms with Gasteiger partial charge in [0.25, 0.3) is 0 Å². The highest BCUT2D eigenvalue weighted by molar-refractivity contribution is 9.11. The topological polar surface area (TPSA) is 46.2 Å². The molecule has 1 aromatic rings. The zero-order chi connectivity index (χ0) is 10.7. The van der Waals surface area contributed by atoms with Gasteiger partial charge >= 0.3 is 0 Å². The van der Waals surface area contributed by atoms with Gasteiger partial charge in [-0.25, -0.2) is 0 Å². The summed E-state index contributed by atoms with van der Waals surface area (Å²) in [5.41, 5.74) is 6.61. The Hall–Kier alpha value is 0.100. The minimum Gasteiger partial charge on any atom is -0.388 e. The number of hydrogen-bond donors (Lipinski definition) is 2. The minimum absolute atomic E-state index is 0.136. The lowest BCUT2D eigenvalue weighted by atomic mass is 9.88. The van der Waals surface area contributed by atoms with Crippen LogP contribution in [0.5, 0.6) is 0 Å². The van der Waals surface area contributed by atoms with E-state index in [1.807, 2.05) is 11.4 Å². The lowest BCUT2D eigenvalue weighted by Crippen LogP contribution is -2.26. The van der Waals surface area contributed by atoms with Gasteiger partial charge in [-0.2, -0.15) is 0 Å². The normalized spacial score (nSPS) is 15.9. The van der Waals surface area contributed by atoms with Crippen molar-refractivity contribution < 1.29 is 5.11 Å². The monoisotopic (exact) mass is 277 g/mol. The Labute approximate surface area is 97.3 Å². The standard InChI is InChI=1S/C10H16BrNOS/c1-6(2)8(4-12)10(13)7-3-9(11)14-5-7/h3,5-6,8,10,13H,4,12H2,1-2H3. The highest BCUT2D eigenvalue weighted by Crippen LogP contribution is 2.32. The summed E-state index contributed by atoms with van der Waals surface area (Å²) < 4.78 is 1.05. The maximum Gasteiger partial charge on any atom is 0.0841 e. The molecule has 0 spiro atoms. The highest BCUT2D eigenvalue weighted by atomic mass is 79.9. The summed E-state index contributed by atoms with van der Waals surface area (Å²) >= 11 is 4.97. The lowest BCUT2D eigenvalue weighted by molar-refractivity contribution is 0.0864. The van der Waals surface area contributed by atoms with Gasteiger partial charge in [0.05, 0.1) is 9.89 Å². The Morgan fingerprint density at radius 2 is 2.21 bits per heavy atom. The van der Waals surface area contributed by atoms with Gasteiger partial charge < -0.3 is 10.8 Å². The first-order valence-corrected chi connectivity index (χ1v) is 6.35. The van der Waals surface area contributed by atoms with E-state index in [-0.39, 0.29) is 5.92 Å². The van der Waals surface area contributed by atoms with E-state index in [0.717, 1.165) is 9.35 Å². The van der Waals surface area contributed by atoms with Gasteiger partial charge in [0, 0.05) is 5.92 Å². The van der Waals surface area contributed by atoms with Gasteiger partial charge in [0.2, 0.25) is 0 Å². The third-order valence-corrected chi connectivity index (χ3v) is 3.99. The number of aliphatic hydroxyl groups is 1. The van der Waals surface area contributed by atoms with E-state index >= 15 is 0 Å². The van der Waals surface area contributed by atoms with Gasteiger partial charge in [-0.1, -0.05) is 13.8 Å². The molecule has 0 amide bonds. The second-order valence-corrected chi connectivity index (χ2v) is 6.06. The molecular weight excluding hydrogens is 262 g/mol. The predicted molar refractivity (Wildman–Crippen MR) is 64.4 cm³/mol. The molecule has 0 aliphatic rings. The van der Waals surface area contributed by atoms with Crippen molar-refractivity contribution in [2.75, 3.05) is 6.54 Å². The van der Waals surface area contributed by atoms with E-state index in [0.29, 0.717) is 12.5 Å². The van der Waals surface area contributed by atoms with Gasteiger partial charge in [-0.15, -0.1) is 11.3 Å². The first-order valence-electron chi connectivity index (χ1n) is 4.68. The van der Waals surface area contributed by atoms with Crippen LogP contribution < -0.4 is 5.73 Å². The maximum atomic E-state index is 10.1. The molecule has 0 aromatic carbocycles. The second kappa shape index (κ2) is 5.26. The first kappa shape index (κ1) is 12.2. The van der Waals surface area contributed by atoms with E-state index in [1.165, 1.54) is 0 Å². The average molecular weight is 278 g/mol. The Morgan fingerprint density at radius 1 is 1.57 bits per heavy atom. The molecule has 2 unspecified atom stereocenters. The molecule has 0 bridgehead atoms. The smallest absolute Gasteiger partial charge is 0.0841 e. The molecule has 0 aliphatic carbocycles. The Kier molecular flexibility index (Phi) is 4.57. The number of nitrogens with two attached hydrogens (primary N) is 1. The number of aliphatic hydroxyl groups excluding tert-OH is 1. The van der Waals surface area contributed by atoms with Crippen LogP contribution in [0.25, 0.3) is 0 Å². The van der Waals surface area contributed by atoms with E-state index < -0.39 is 6.10 Å². The Morgan fingerprint density at radius 3 is 2.57 bits per heavy atom. The summed E-state index contributed by atoms with van der Waals surface area (Å²) in [4.78, 5) is 0. The molecule has 14 heavy (non-hydrogen) atoms. The second-order valence-electron chi connectivity index (χ2n) is 3.77. The van der Waals surface area contributed by atoms with Crippen LogP contribution in [0, 0.1) is 11.8 Å².